The van der Waals surface area contributed by atoms with Crippen LogP contribution in [-0.2, 0) is 0 Å². The van der Waals surface area contributed by atoms with E-state index in [1.165, 1.54) is 6.33 Å². The van der Waals surface area contributed by atoms with Crippen LogP contribution < -0.4 is 16.1 Å². The molecule has 0 aliphatic rings. The van der Waals surface area contributed by atoms with Crippen molar-refractivity contribution in [2.75, 3.05) is 0 Å². The van der Waals surface area contributed by atoms with E-state index in [2.05, 4.69) is 15.0 Å². The predicted molar refractivity (Wildman–Crippen MR) is 68.2 cm³/mol. The molecule has 2 N–H and O–H groups in total. The van der Waals surface area contributed by atoms with Gasteiger partial charge >= 0.3 is 11.2 Å². The zero-order valence-corrected chi connectivity index (χ0v) is 10.0. The van der Waals surface area contributed by atoms with Crippen molar-refractivity contribution in [2.24, 2.45) is 0 Å². The summed E-state index contributed by atoms with van der Waals surface area (Å²) in [6, 6.07) is 7.00. The van der Waals surface area contributed by atoms with E-state index in [1.807, 2.05) is 19.1 Å². The average molecular weight is 258 g/mol. The number of imidazole rings is 1. The summed E-state index contributed by atoms with van der Waals surface area (Å²) in [5, 5.41) is 0. The van der Waals surface area contributed by atoms with E-state index >= 15 is 0 Å². The van der Waals surface area contributed by atoms with Crippen LogP contribution in [0.2, 0.25) is 0 Å². The first kappa shape index (κ1) is 11.3. The quantitative estimate of drug-likeness (QED) is 0.702. The van der Waals surface area contributed by atoms with Crippen LogP contribution in [0.4, 0.5) is 0 Å². The summed E-state index contributed by atoms with van der Waals surface area (Å²) in [5.41, 5.74) is 0.185. The van der Waals surface area contributed by atoms with Crippen molar-refractivity contribution in [3.05, 3.63) is 57.0 Å². The van der Waals surface area contributed by atoms with Gasteiger partial charge < -0.3 is 9.82 Å². The Hall–Kier alpha value is -2.83. The SMILES string of the molecule is Cc1ccc(On2c(=O)[nH]c3nc[nH]c3c2=O)cc1. The van der Waals surface area contributed by atoms with E-state index in [0.29, 0.717) is 10.5 Å². The lowest BCUT2D eigenvalue weighted by molar-refractivity contribution is 0.192. The van der Waals surface area contributed by atoms with Gasteiger partial charge in [0.2, 0.25) is 0 Å². The van der Waals surface area contributed by atoms with Crippen molar-refractivity contribution in [2.45, 2.75) is 6.92 Å². The molecule has 0 bridgehead atoms. The van der Waals surface area contributed by atoms with Crippen LogP contribution in [-0.4, -0.2) is 19.7 Å². The number of aromatic amines is 2. The first-order valence-corrected chi connectivity index (χ1v) is 5.58. The highest BCUT2D eigenvalue weighted by Gasteiger charge is 2.10. The predicted octanol–water partition coefficient (Wildman–Crippen LogP) is 0.563. The van der Waals surface area contributed by atoms with Gasteiger partial charge in [0.1, 0.15) is 0 Å². The molecule has 0 saturated carbocycles. The standard InChI is InChI=1S/C12H10N4O3/c1-7-2-4-8(5-3-7)19-16-11(17)9-10(14-6-13-9)15-12(16)18/h2-6H,1H3,(H,13,14)(H,15,18). The fraction of sp³-hybridized carbons (Fsp3) is 0.0833. The number of hydrogen-bond donors (Lipinski definition) is 2. The monoisotopic (exact) mass is 258 g/mol. The lowest BCUT2D eigenvalue weighted by Gasteiger charge is -2.06. The third-order valence-electron chi connectivity index (χ3n) is 2.67. The molecule has 0 saturated heterocycles. The lowest BCUT2D eigenvalue weighted by Crippen LogP contribution is -2.38. The Labute approximate surface area is 106 Å². The maximum atomic E-state index is 12.0. The van der Waals surface area contributed by atoms with Gasteiger partial charge in [0.05, 0.1) is 6.33 Å². The van der Waals surface area contributed by atoms with Crippen LogP contribution >= 0.6 is 0 Å². The molecule has 3 rings (SSSR count). The Balaban J connectivity index is 2.12. The highest BCUT2D eigenvalue weighted by molar-refractivity contribution is 5.67. The molecule has 7 nitrogen and oxygen atoms in total. The number of aryl methyl sites for hydroxylation is 1. The molecule has 3 aromatic rings. The van der Waals surface area contributed by atoms with E-state index in [4.69, 9.17) is 4.84 Å². The normalized spacial score (nSPS) is 10.8. The summed E-state index contributed by atoms with van der Waals surface area (Å²) in [5.74, 6) is 0.400. The number of benzene rings is 1. The van der Waals surface area contributed by atoms with Crippen LogP contribution in [0.3, 0.4) is 0 Å². The van der Waals surface area contributed by atoms with Gasteiger partial charge in [-0.25, -0.2) is 9.78 Å². The molecular weight excluding hydrogens is 248 g/mol. The van der Waals surface area contributed by atoms with Crippen molar-refractivity contribution in [3.8, 4) is 5.75 Å². The molecule has 7 heteroatoms. The van der Waals surface area contributed by atoms with Crippen LogP contribution in [0.25, 0.3) is 11.2 Å². The van der Waals surface area contributed by atoms with Gasteiger partial charge in [-0.3, -0.25) is 9.78 Å². The van der Waals surface area contributed by atoms with E-state index in [-0.39, 0.29) is 11.2 Å². The second-order valence-electron chi connectivity index (χ2n) is 4.06. The van der Waals surface area contributed by atoms with Gasteiger partial charge in [-0.15, -0.1) is 0 Å². The first-order valence-electron chi connectivity index (χ1n) is 5.58. The maximum Gasteiger partial charge on any atom is 0.364 e. The lowest BCUT2D eigenvalue weighted by atomic mass is 10.2. The zero-order chi connectivity index (χ0) is 13.4. The van der Waals surface area contributed by atoms with Gasteiger partial charge in [0.25, 0.3) is 0 Å². The number of hydrogen-bond acceptors (Lipinski definition) is 4. The molecule has 96 valence electrons. The molecule has 0 unspecified atom stereocenters. The van der Waals surface area contributed by atoms with Gasteiger partial charge in [0, 0.05) is 0 Å². The summed E-state index contributed by atoms with van der Waals surface area (Å²) in [7, 11) is 0. The number of nitrogens with zero attached hydrogens (tertiary/aromatic N) is 2. The van der Waals surface area contributed by atoms with Gasteiger partial charge in [0.15, 0.2) is 16.9 Å². The molecule has 2 aromatic heterocycles. The molecule has 0 atom stereocenters. The van der Waals surface area contributed by atoms with Crippen LogP contribution in [0, 0.1) is 6.92 Å². The molecule has 0 radical (unpaired) electrons. The molecule has 2 heterocycles. The number of aromatic nitrogens is 4. The van der Waals surface area contributed by atoms with Crippen molar-refractivity contribution >= 4 is 11.2 Å². The van der Waals surface area contributed by atoms with Crippen molar-refractivity contribution in [1.82, 2.24) is 19.7 Å². The number of fused-ring (bicyclic) bond motifs is 1. The molecular formula is C12H10N4O3. The van der Waals surface area contributed by atoms with Gasteiger partial charge in [-0.1, -0.05) is 22.4 Å². The number of rotatable bonds is 2. The van der Waals surface area contributed by atoms with Gasteiger partial charge in [-0.05, 0) is 19.1 Å². The summed E-state index contributed by atoms with van der Waals surface area (Å²) in [4.78, 5) is 38.0. The molecule has 19 heavy (non-hydrogen) atoms. The molecule has 0 amide bonds. The average Bonchev–Trinajstić information content (AvgIpc) is 2.85. The highest BCUT2D eigenvalue weighted by Crippen LogP contribution is 2.10. The molecule has 1 aromatic carbocycles. The Kier molecular flexibility index (Phi) is 2.45. The van der Waals surface area contributed by atoms with Crippen LogP contribution in [0.5, 0.6) is 5.75 Å². The van der Waals surface area contributed by atoms with E-state index in [1.54, 1.807) is 12.1 Å². The van der Waals surface area contributed by atoms with Crippen molar-refractivity contribution < 1.29 is 4.84 Å². The minimum atomic E-state index is -0.676. The summed E-state index contributed by atoms with van der Waals surface area (Å²) in [6.45, 7) is 1.93. The summed E-state index contributed by atoms with van der Waals surface area (Å²) in [6.07, 6.45) is 1.33. The summed E-state index contributed by atoms with van der Waals surface area (Å²) >= 11 is 0. The molecule has 0 fully saturated rings. The fourth-order valence-corrected chi connectivity index (χ4v) is 1.69. The fourth-order valence-electron chi connectivity index (χ4n) is 1.69. The topological polar surface area (TPSA) is 92.8 Å². The maximum absolute atomic E-state index is 12.0. The van der Waals surface area contributed by atoms with Crippen molar-refractivity contribution in [3.63, 3.8) is 0 Å². The highest BCUT2D eigenvalue weighted by atomic mass is 16.7. The van der Waals surface area contributed by atoms with Gasteiger partial charge in [-0.2, -0.15) is 0 Å². The summed E-state index contributed by atoms with van der Waals surface area (Å²) < 4.78 is 0.658. The Bertz CT molecular complexity index is 842. The second-order valence-corrected chi connectivity index (χ2v) is 4.06. The Morgan fingerprint density at radius 1 is 1.21 bits per heavy atom. The number of H-pyrrole nitrogens is 2. The second kappa shape index (κ2) is 4.13. The third-order valence-corrected chi connectivity index (χ3v) is 2.67. The van der Waals surface area contributed by atoms with E-state index < -0.39 is 11.2 Å². The minimum Gasteiger partial charge on any atom is -0.367 e. The number of nitrogens with one attached hydrogen (secondary N) is 2. The van der Waals surface area contributed by atoms with Crippen LogP contribution in [0.15, 0.2) is 40.2 Å². The molecule has 0 aliphatic heterocycles. The molecule has 0 aliphatic carbocycles. The zero-order valence-electron chi connectivity index (χ0n) is 10.0. The third kappa shape index (κ3) is 1.90. The largest absolute Gasteiger partial charge is 0.367 e. The van der Waals surface area contributed by atoms with E-state index in [0.717, 1.165) is 5.56 Å². The molecule has 0 spiro atoms. The Morgan fingerprint density at radius 3 is 2.68 bits per heavy atom. The van der Waals surface area contributed by atoms with Crippen molar-refractivity contribution in [1.29, 1.82) is 0 Å². The smallest absolute Gasteiger partial charge is 0.364 e. The first-order chi connectivity index (χ1) is 9.15. The Morgan fingerprint density at radius 2 is 1.95 bits per heavy atom. The van der Waals surface area contributed by atoms with Crippen LogP contribution in [0.1, 0.15) is 5.56 Å². The van der Waals surface area contributed by atoms with E-state index in [9.17, 15) is 9.59 Å². The minimum absolute atomic E-state index is 0.187.